The number of carbonyl (C=O) groups is 1. The van der Waals surface area contributed by atoms with Crippen LogP contribution in [0.25, 0.3) is 17.1 Å². The summed E-state index contributed by atoms with van der Waals surface area (Å²) in [6, 6.07) is 15.7. The molecule has 2 aromatic carbocycles. The molecule has 1 heterocycles. The molecule has 1 amide bonds. The normalized spacial score (nSPS) is 11.1. The molecule has 1 aromatic heterocycles. The molecule has 0 radical (unpaired) electrons. The maximum absolute atomic E-state index is 11.9. The first-order valence-electron chi connectivity index (χ1n) is 6.82. The van der Waals surface area contributed by atoms with Crippen molar-refractivity contribution in [3.63, 3.8) is 0 Å². The van der Waals surface area contributed by atoms with Crippen molar-refractivity contribution >= 4 is 40.7 Å². The standard InChI is InChI=1S/C17H15N3OS/c1-22-13-9-6-12(7-10-13)8-11-16(21)20-17-18-14-4-2-3-5-15(14)19-17/h2-11H,1H3,(H2,18,19,20,21)/b11-8+. The molecule has 110 valence electrons. The molecule has 0 saturated carbocycles. The number of para-hydroxylation sites is 2. The van der Waals surface area contributed by atoms with Crippen LogP contribution in [0.15, 0.2) is 59.5 Å². The van der Waals surface area contributed by atoms with Crippen LogP contribution in [0.5, 0.6) is 0 Å². The number of H-pyrrole nitrogens is 1. The minimum absolute atomic E-state index is 0.215. The Labute approximate surface area is 132 Å². The van der Waals surface area contributed by atoms with E-state index in [-0.39, 0.29) is 5.91 Å². The van der Waals surface area contributed by atoms with Gasteiger partial charge in [0.15, 0.2) is 0 Å². The van der Waals surface area contributed by atoms with Crippen molar-refractivity contribution in [2.24, 2.45) is 0 Å². The lowest BCUT2D eigenvalue weighted by atomic mass is 10.2. The molecule has 0 bridgehead atoms. The number of aromatic amines is 1. The molecule has 0 atom stereocenters. The summed E-state index contributed by atoms with van der Waals surface area (Å²) in [5.74, 6) is 0.238. The predicted molar refractivity (Wildman–Crippen MR) is 92.0 cm³/mol. The molecular weight excluding hydrogens is 294 g/mol. The molecule has 0 aliphatic carbocycles. The Hall–Kier alpha value is -2.53. The Morgan fingerprint density at radius 1 is 1.18 bits per heavy atom. The number of anilines is 1. The summed E-state index contributed by atoms with van der Waals surface area (Å²) in [5.41, 5.74) is 2.71. The van der Waals surface area contributed by atoms with E-state index in [1.54, 1.807) is 17.8 Å². The number of rotatable bonds is 4. The fourth-order valence-corrected chi connectivity index (χ4v) is 2.47. The van der Waals surface area contributed by atoms with E-state index in [9.17, 15) is 4.79 Å². The first-order chi connectivity index (χ1) is 10.7. The third kappa shape index (κ3) is 3.38. The highest BCUT2D eigenvalue weighted by Crippen LogP contribution is 2.16. The molecule has 0 spiro atoms. The lowest BCUT2D eigenvalue weighted by Gasteiger charge is -1.98. The van der Waals surface area contributed by atoms with E-state index in [2.05, 4.69) is 15.3 Å². The summed E-state index contributed by atoms with van der Waals surface area (Å²) < 4.78 is 0. The maximum Gasteiger partial charge on any atom is 0.250 e. The van der Waals surface area contributed by atoms with Gasteiger partial charge in [0.05, 0.1) is 11.0 Å². The Morgan fingerprint density at radius 3 is 2.68 bits per heavy atom. The fraction of sp³-hybridized carbons (Fsp3) is 0.0588. The largest absolute Gasteiger partial charge is 0.324 e. The quantitative estimate of drug-likeness (QED) is 0.567. The number of nitrogens with one attached hydrogen (secondary N) is 2. The molecule has 2 N–H and O–H groups in total. The third-order valence-corrected chi connectivity index (χ3v) is 3.92. The SMILES string of the molecule is CSc1ccc(/C=C/C(=O)Nc2nc3ccccc3[nH]2)cc1. The fourth-order valence-electron chi connectivity index (χ4n) is 2.06. The number of hydrogen-bond donors (Lipinski definition) is 2. The van der Waals surface area contributed by atoms with E-state index in [4.69, 9.17) is 0 Å². The minimum atomic E-state index is -0.215. The number of nitrogens with zero attached hydrogens (tertiary/aromatic N) is 1. The third-order valence-electron chi connectivity index (χ3n) is 3.17. The highest BCUT2D eigenvalue weighted by atomic mass is 32.2. The van der Waals surface area contributed by atoms with Crippen molar-refractivity contribution in [1.29, 1.82) is 0 Å². The molecule has 0 aliphatic heterocycles. The number of amides is 1. The van der Waals surface area contributed by atoms with Gasteiger partial charge in [-0.15, -0.1) is 11.8 Å². The molecule has 0 unspecified atom stereocenters. The van der Waals surface area contributed by atoms with Crippen molar-refractivity contribution in [1.82, 2.24) is 9.97 Å². The number of benzene rings is 2. The van der Waals surface area contributed by atoms with Crippen LogP contribution in [-0.2, 0) is 4.79 Å². The highest BCUT2D eigenvalue weighted by molar-refractivity contribution is 7.98. The second-order valence-corrected chi connectivity index (χ2v) is 5.58. The number of thioether (sulfide) groups is 1. The second-order valence-electron chi connectivity index (χ2n) is 4.70. The zero-order chi connectivity index (χ0) is 15.4. The first-order valence-corrected chi connectivity index (χ1v) is 8.05. The van der Waals surface area contributed by atoms with Gasteiger partial charge in [-0.25, -0.2) is 4.98 Å². The van der Waals surface area contributed by atoms with Gasteiger partial charge in [0.1, 0.15) is 0 Å². The monoisotopic (exact) mass is 309 g/mol. The summed E-state index contributed by atoms with van der Waals surface area (Å²) >= 11 is 1.69. The average molecular weight is 309 g/mol. The number of carbonyl (C=O) groups excluding carboxylic acids is 1. The van der Waals surface area contributed by atoms with Gasteiger partial charge >= 0.3 is 0 Å². The van der Waals surface area contributed by atoms with Crippen LogP contribution in [0, 0.1) is 0 Å². The molecule has 0 fully saturated rings. The van der Waals surface area contributed by atoms with Gasteiger partial charge in [-0.1, -0.05) is 24.3 Å². The molecule has 0 saturated heterocycles. The van der Waals surface area contributed by atoms with E-state index in [1.165, 1.54) is 11.0 Å². The van der Waals surface area contributed by atoms with Gasteiger partial charge in [-0.2, -0.15) is 0 Å². The highest BCUT2D eigenvalue weighted by Gasteiger charge is 2.03. The first kappa shape index (κ1) is 14.4. The topological polar surface area (TPSA) is 57.8 Å². The summed E-state index contributed by atoms with van der Waals surface area (Å²) in [5, 5.41) is 2.73. The van der Waals surface area contributed by atoms with E-state index in [0.29, 0.717) is 5.95 Å². The van der Waals surface area contributed by atoms with E-state index in [0.717, 1.165) is 16.6 Å². The Balaban J connectivity index is 1.67. The zero-order valence-electron chi connectivity index (χ0n) is 12.0. The molecule has 3 rings (SSSR count). The summed E-state index contributed by atoms with van der Waals surface area (Å²) in [6.07, 6.45) is 5.31. The lowest BCUT2D eigenvalue weighted by Crippen LogP contribution is -2.08. The molecule has 4 nitrogen and oxygen atoms in total. The molecule has 5 heteroatoms. The minimum Gasteiger partial charge on any atom is -0.324 e. The number of imidazole rings is 1. The van der Waals surface area contributed by atoms with E-state index >= 15 is 0 Å². The van der Waals surface area contributed by atoms with Gasteiger partial charge in [-0.3, -0.25) is 10.1 Å². The Morgan fingerprint density at radius 2 is 1.95 bits per heavy atom. The zero-order valence-corrected chi connectivity index (χ0v) is 12.9. The van der Waals surface area contributed by atoms with Crippen LogP contribution in [0.1, 0.15) is 5.56 Å². The van der Waals surface area contributed by atoms with Gasteiger partial charge in [0, 0.05) is 11.0 Å². The van der Waals surface area contributed by atoms with E-state index < -0.39 is 0 Å². The van der Waals surface area contributed by atoms with Crippen LogP contribution in [0.3, 0.4) is 0 Å². The number of aromatic nitrogens is 2. The molecular formula is C17H15N3OS. The van der Waals surface area contributed by atoms with Crippen molar-refractivity contribution < 1.29 is 4.79 Å². The van der Waals surface area contributed by atoms with Gasteiger partial charge in [-0.05, 0) is 42.2 Å². The van der Waals surface area contributed by atoms with Crippen molar-refractivity contribution in [3.05, 3.63) is 60.2 Å². The van der Waals surface area contributed by atoms with Crippen LogP contribution < -0.4 is 5.32 Å². The Kier molecular flexibility index (Phi) is 4.25. The molecule has 3 aromatic rings. The lowest BCUT2D eigenvalue weighted by molar-refractivity contribution is -0.111. The number of hydrogen-bond acceptors (Lipinski definition) is 3. The average Bonchev–Trinajstić information content (AvgIpc) is 2.95. The maximum atomic E-state index is 11.9. The van der Waals surface area contributed by atoms with E-state index in [1.807, 2.05) is 54.8 Å². The van der Waals surface area contributed by atoms with Crippen molar-refractivity contribution in [3.8, 4) is 0 Å². The second kappa shape index (κ2) is 6.49. The van der Waals surface area contributed by atoms with Crippen LogP contribution >= 0.6 is 11.8 Å². The molecule has 22 heavy (non-hydrogen) atoms. The van der Waals surface area contributed by atoms with Gasteiger partial charge < -0.3 is 4.98 Å². The van der Waals surface area contributed by atoms with Gasteiger partial charge in [0.25, 0.3) is 5.91 Å². The van der Waals surface area contributed by atoms with Crippen LogP contribution in [-0.4, -0.2) is 22.1 Å². The molecule has 0 aliphatic rings. The summed E-state index contributed by atoms with van der Waals surface area (Å²) in [7, 11) is 0. The smallest absolute Gasteiger partial charge is 0.250 e. The van der Waals surface area contributed by atoms with Crippen molar-refractivity contribution in [2.45, 2.75) is 4.90 Å². The van der Waals surface area contributed by atoms with Gasteiger partial charge in [0.2, 0.25) is 5.95 Å². The Bertz CT molecular complexity index is 788. The summed E-state index contributed by atoms with van der Waals surface area (Å²) in [6.45, 7) is 0. The van der Waals surface area contributed by atoms with Crippen LogP contribution in [0.4, 0.5) is 5.95 Å². The number of fused-ring (bicyclic) bond motifs is 1. The summed E-state index contributed by atoms with van der Waals surface area (Å²) in [4.78, 5) is 20.5. The van der Waals surface area contributed by atoms with Crippen molar-refractivity contribution in [2.75, 3.05) is 11.6 Å². The van der Waals surface area contributed by atoms with Crippen LogP contribution in [0.2, 0.25) is 0 Å². The predicted octanol–water partition coefficient (Wildman–Crippen LogP) is 3.94.